The molecule has 1 N–H and O–H groups in total. The number of nitrogens with zero attached hydrogens (tertiary/aromatic N) is 4. The lowest BCUT2D eigenvalue weighted by Gasteiger charge is -2.00. The zero-order valence-corrected chi connectivity index (χ0v) is 13.6. The number of rotatable bonds is 5. The van der Waals surface area contributed by atoms with Crippen LogP contribution in [0.2, 0.25) is 0 Å². The first-order valence-corrected chi connectivity index (χ1v) is 8.58. The molecular formula is C19H17N5O. The van der Waals surface area contributed by atoms with Gasteiger partial charge in [-0.25, -0.2) is 4.98 Å². The molecule has 1 aliphatic rings. The molecule has 0 saturated heterocycles. The van der Waals surface area contributed by atoms with Gasteiger partial charge in [-0.05, 0) is 49.1 Å². The normalized spacial score (nSPS) is 14.4. The minimum absolute atomic E-state index is 0.323. The molecule has 25 heavy (non-hydrogen) atoms. The Morgan fingerprint density at radius 1 is 1.20 bits per heavy atom. The van der Waals surface area contributed by atoms with Gasteiger partial charge in [-0.2, -0.15) is 14.8 Å². The monoisotopic (exact) mass is 331 g/mol. The quantitative estimate of drug-likeness (QED) is 0.609. The van der Waals surface area contributed by atoms with Crippen LogP contribution in [0.1, 0.15) is 25.0 Å². The summed E-state index contributed by atoms with van der Waals surface area (Å²) in [6, 6.07) is 8.02. The van der Waals surface area contributed by atoms with E-state index >= 15 is 0 Å². The predicted molar refractivity (Wildman–Crippen MR) is 94.1 cm³/mol. The minimum Gasteiger partial charge on any atom is -0.343 e. The van der Waals surface area contributed by atoms with E-state index in [2.05, 4.69) is 26.2 Å². The summed E-state index contributed by atoms with van der Waals surface area (Å²) in [4.78, 5) is 19.7. The van der Waals surface area contributed by atoms with Crippen LogP contribution in [0.4, 0.5) is 0 Å². The third-order valence-electron chi connectivity index (χ3n) is 4.86. The first kappa shape index (κ1) is 14.3. The summed E-state index contributed by atoms with van der Waals surface area (Å²) >= 11 is 0. The van der Waals surface area contributed by atoms with E-state index in [-0.39, 0.29) is 0 Å². The molecule has 0 unspecified atom stereocenters. The van der Waals surface area contributed by atoms with Crippen molar-refractivity contribution < 1.29 is 4.79 Å². The van der Waals surface area contributed by atoms with E-state index in [1.165, 1.54) is 0 Å². The largest absolute Gasteiger partial charge is 0.343 e. The van der Waals surface area contributed by atoms with Crippen molar-refractivity contribution in [3.05, 3.63) is 48.5 Å². The van der Waals surface area contributed by atoms with Crippen LogP contribution in [0.3, 0.4) is 0 Å². The molecule has 4 aromatic rings. The minimum atomic E-state index is 0.323. The molecule has 6 nitrogen and oxygen atoms in total. The smallest absolute Gasteiger partial charge is 0.138 e. The van der Waals surface area contributed by atoms with Gasteiger partial charge in [-0.15, -0.1) is 0 Å². The maximum absolute atomic E-state index is 11.9. The van der Waals surface area contributed by atoms with E-state index in [9.17, 15) is 4.79 Å². The molecular weight excluding hydrogens is 314 g/mol. The van der Waals surface area contributed by atoms with Crippen molar-refractivity contribution in [2.24, 2.45) is 5.92 Å². The SMILES string of the molecule is O=C(CCc1cc2c(-c3cnn4ncccc34)ccnc2[nH]1)C1CC1. The van der Waals surface area contributed by atoms with Gasteiger partial charge in [0.1, 0.15) is 11.4 Å². The summed E-state index contributed by atoms with van der Waals surface area (Å²) in [6.07, 6.45) is 8.83. The van der Waals surface area contributed by atoms with Crippen LogP contribution in [-0.2, 0) is 11.2 Å². The standard InChI is InChI=1S/C19H17N5O/c25-18(12-3-4-12)6-5-13-10-15-14(7-9-20-19(15)23-13)16-11-22-24-17(16)2-1-8-21-24/h1-2,7-12H,3-6H2,(H,20,23). The van der Waals surface area contributed by atoms with Crippen molar-refractivity contribution in [3.63, 3.8) is 0 Å². The fourth-order valence-corrected chi connectivity index (χ4v) is 3.36. The fourth-order valence-electron chi connectivity index (χ4n) is 3.36. The zero-order valence-electron chi connectivity index (χ0n) is 13.6. The number of pyridine rings is 1. The van der Waals surface area contributed by atoms with Crippen molar-refractivity contribution in [3.8, 4) is 11.1 Å². The molecule has 1 fully saturated rings. The lowest BCUT2D eigenvalue weighted by Crippen LogP contribution is -2.02. The molecule has 0 spiro atoms. The van der Waals surface area contributed by atoms with Crippen LogP contribution in [0, 0.1) is 5.92 Å². The van der Waals surface area contributed by atoms with Crippen molar-refractivity contribution in [2.75, 3.05) is 0 Å². The van der Waals surface area contributed by atoms with E-state index in [0.29, 0.717) is 18.1 Å². The number of aromatic amines is 1. The molecule has 0 aliphatic heterocycles. The zero-order chi connectivity index (χ0) is 16.8. The van der Waals surface area contributed by atoms with Crippen LogP contribution in [0.15, 0.2) is 42.9 Å². The van der Waals surface area contributed by atoms with Crippen molar-refractivity contribution in [2.45, 2.75) is 25.7 Å². The van der Waals surface area contributed by atoms with E-state index < -0.39 is 0 Å². The fraction of sp³-hybridized carbons (Fsp3) is 0.263. The van der Waals surface area contributed by atoms with Crippen LogP contribution in [0.25, 0.3) is 27.7 Å². The number of carbonyl (C=O) groups is 1. The highest BCUT2D eigenvalue weighted by atomic mass is 16.1. The molecule has 1 saturated carbocycles. The van der Waals surface area contributed by atoms with Crippen LogP contribution < -0.4 is 0 Å². The number of aromatic nitrogens is 5. The van der Waals surface area contributed by atoms with Gasteiger partial charge in [0.05, 0.1) is 11.7 Å². The van der Waals surface area contributed by atoms with Gasteiger partial charge in [0.15, 0.2) is 0 Å². The van der Waals surface area contributed by atoms with Crippen molar-refractivity contribution >= 4 is 22.3 Å². The molecule has 5 rings (SSSR count). The summed E-state index contributed by atoms with van der Waals surface area (Å²) in [5.74, 6) is 0.713. The lowest BCUT2D eigenvalue weighted by atomic mass is 10.0. The lowest BCUT2D eigenvalue weighted by molar-refractivity contribution is -0.120. The number of fused-ring (bicyclic) bond motifs is 2. The molecule has 6 heteroatoms. The van der Waals surface area contributed by atoms with Crippen LogP contribution in [-0.4, -0.2) is 30.6 Å². The molecule has 124 valence electrons. The molecule has 1 aliphatic carbocycles. The second kappa shape index (κ2) is 5.51. The summed E-state index contributed by atoms with van der Waals surface area (Å²) in [7, 11) is 0. The van der Waals surface area contributed by atoms with Gasteiger partial charge < -0.3 is 4.98 Å². The third kappa shape index (κ3) is 2.50. The van der Waals surface area contributed by atoms with E-state index in [1.807, 2.05) is 24.4 Å². The molecule has 0 radical (unpaired) electrons. The summed E-state index contributed by atoms with van der Waals surface area (Å²) in [5.41, 5.74) is 4.96. The molecule has 4 aromatic heterocycles. The molecule has 0 atom stereocenters. The number of hydrogen-bond donors (Lipinski definition) is 1. The van der Waals surface area contributed by atoms with Crippen molar-refractivity contribution in [1.29, 1.82) is 0 Å². The summed E-state index contributed by atoms with van der Waals surface area (Å²) in [6.45, 7) is 0. The maximum Gasteiger partial charge on any atom is 0.138 e. The Labute approximate surface area is 143 Å². The number of H-pyrrole nitrogens is 1. The summed E-state index contributed by atoms with van der Waals surface area (Å²) in [5, 5.41) is 9.60. The van der Waals surface area contributed by atoms with Gasteiger partial charge in [-0.3, -0.25) is 4.79 Å². The van der Waals surface area contributed by atoms with Gasteiger partial charge in [0.25, 0.3) is 0 Å². The second-order valence-electron chi connectivity index (χ2n) is 6.61. The van der Waals surface area contributed by atoms with Crippen LogP contribution >= 0.6 is 0 Å². The average molecular weight is 331 g/mol. The van der Waals surface area contributed by atoms with Gasteiger partial charge >= 0.3 is 0 Å². The maximum atomic E-state index is 11.9. The Kier molecular flexibility index (Phi) is 3.16. The molecule has 0 aromatic carbocycles. The van der Waals surface area contributed by atoms with Crippen LogP contribution in [0.5, 0.6) is 0 Å². The Balaban J connectivity index is 1.53. The number of aryl methyl sites for hydroxylation is 1. The third-order valence-corrected chi connectivity index (χ3v) is 4.86. The predicted octanol–water partition coefficient (Wildman–Crippen LogP) is 3.18. The topological polar surface area (TPSA) is 75.9 Å². The van der Waals surface area contributed by atoms with E-state index in [4.69, 9.17) is 0 Å². The van der Waals surface area contributed by atoms with E-state index in [1.54, 1.807) is 17.0 Å². The first-order valence-electron chi connectivity index (χ1n) is 8.58. The van der Waals surface area contributed by atoms with Gasteiger partial charge in [0.2, 0.25) is 0 Å². The van der Waals surface area contributed by atoms with E-state index in [0.717, 1.165) is 52.6 Å². The Bertz CT molecular complexity index is 1090. The number of hydrogen-bond acceptors (Lipinski definition) is 4. The number of nitrogens with one attached hydrogen (secondary N) is 1. The Morgan fingerprint density at radius 3 is 3.00 bits per heavy atom. The highest BCUT2D eigenvalue weighted by molar-refractivity contribution is 5.97. The molecule has 0 bridgehead atoms. The Morgan fingerprint density at radius 2 is 2.12 bits per heavy atom. The Hall–Kier alpha value is -3.02. The number of carbonyl (C=O) groups excluding carboxylic acids is 1. The second-order valence-corrected chi connectivity index (χ2v) is 6.61. The number of ketones is 1. The van der Waals surface area contributed by atoms with Crippen molar-refractivity contribution in [1.82, 2.24) is 24.8 Å². The summed E-state index contributed by atoms with van der Waals surface area (Å²) < 4.78 is 1.63. The van der Waals surface area contributed by atoms with Gasteiger partial charge in [0, 0.05) is 41.4 Å². The average Bonchev–Trinajstić information content (AvgIpc) is 3.27. The number of Topliss-reactive ketones (excluding diaryl/α,β-unsaturated/α-hetero) is 1. The molecule has 4 heterocycles. The van der Waals surface area contributed by atoms with Gasteiger partial charge in [-0.1, -0.05) is 0 Å². The highest BCUT2D eigenvalue weighted by Crippen LogP contribution is 2.33. The molecule has 0 amide bonds. The highest BCUT2D eigenvalue weighted by Gasteiger charge is 2.28. The first-order chi connectivity index (χ1) is 12.3.